The van der Waals surface area contributed by atoms with Crippen LogP contribution in [0.15, 0.2) is 65.8 Å². The molecule has 0 bridgehead atoms. The maximum absolute atomic E-state index is 13.8. The molecule has 0 saturated heterocycles. The number of carbonyl (C=O) groups is 1. The molecule has 1 aromatic carbocycles. The number of halogens is 1. The van der Waals surface area contributed by atoms with Gasteiger partial charge in [-0.1, -0.05) is 0 Å². The number of nitrogens with zero attached hydrogens (tertiary/aromatic N) is 3. The number of carbonyl (C=O) groups excluding carboxylic acids is 1. The maximum Gasteiger partial charge on any atom is 0.275 e. The molecule has 1 amide bonds. The third kappa shape index (κ3) is 3.31. The number of amides is 1. The van der Waals surface area contributed by atoms with E-state index in [1.54, 1.807) is 53.3 Å². The summed E-state index contributed by atoms with van der Waals surface area (Å²) in [7, 11) is 0. The van der Waals surface area contributed by atoms with Crippen molar-refractivity contribution < 1.29 is 9.18 Å². The SMILES string of the molecule is O=C(CCCn1c(=O)c2cccn2c2ccc(F)cc21)Nc1cccnc1. The van der Waals surface area contributed by atoms with E-state index in [0.717, 1.165) is 5.52 Å². The number of rotatable bonds is 5. The van der Waals surface area contributed by atoms with Gasteiger partial charge in [0.2, 0.25) is 5.91 Å². The molecule has 3 heterocycles. The van der Waals surface area contributed by atoms with Gasteiger partial charge >= 0.3 is 0 Å². The van der Waals surface area contributed by atoms with Crippen molar-refractivity contribution in [2.45, 2.75) is 19.4 Å². The van der Waals surface area contributed by atoms with Crippen LogP contribution in [0.3, 0.4) is 0 Å². The van der Waals surface area contributed by atoms with E-state index >= 15 is 0 Å². The molecule has 4 rings (SSSR count). The van der Waals surface area contributed by atoms with Crippen molar-refractivity contribution in [3.05, 3.63) is 77.2 Å². The summed E-state index contributed by atoms with van der Waals surface area (Å²) in [5.74, 6) is -0.563. The number of nitrogens with one attached hydrogen (secondary N) is 1. The predicted octanol–water partition coefficient (Wildman–Crippen LogP) is 3.21. The van der Waals surface area contributed by atoms with Crippen molar-refractivity contribution in [2.24, 2.45) is 0 Å². The Labute approximate surface area is 153 Å². The minimum Gasteiger partial charge on any atom is -0.325 e. The first-order valence-electron chi connectivity index (χ1n) is 8.62. The number of hydrogen-bond acceptors (Lipinski definition) is 3. The summed E-state index contributed by atoms with van der Waals surface area (Å²) in [5.41, 5.74) is 2.20. The summed E-state index contributed by atoms with van der Waals surface area (Å²) in [6.07, 6.45) is 5.67. The second kappa shape index (κ2) is 7.03. The highest BCUT2D eigenvalue weighted by molar-refractivity contribution is 5.90. The molecular formula is C20H17FN4O2. The van der Waals surface area contributed by atoms with Crippen molar-refractivity contribution >= 4 is 28.1 Å². The summed E-state index contributed by atoms with van der Waals surface area (Å²) in [5, 5.41) is 2.76. The first kappa shape index (κ1) is 17.0. The van der Waals surface area contributed by atoms with E-state index in [-0.39, 0.29) is 17.9 Å². The maximum atomic E-state index is 13.8. The van der Waals surface area contributed by atoms with Crippen molar-refractivity contribution in [3.8, 4) is 0 Å². The molecule has 0 spiro atoms. The van der Waals surface area contributed by atoms with Crippen molar-refractivity contribution in [2.75, 3.05) is 5.32 Å². The van der Waals surface area contributed by atoms with Gasteiger partial charge in [0.05, 0.1) is 22.9 Å². The highest BCUT2D eigenvalue weighted by Gasteiger charge is 2.12. The van der Waals surface area contributed by atoms with Crippen LogP contribution in [0, 0.1) is 5.82 Å². The molecule has 0 unspecified atom stereocenters. The average Bonchev–Trinajstić information content (AvgIpc) is 3.15. The van der Waals surface area contributed by atoms with E-state index < -0.39 is 5.82 Å². The Morgan fingerprint density at radius 3 is 2.81 bits per heavy atom. The lowest BCUT2D eigenvalue weighted by Gasteiger charge is -2.13. The first-order valence-corrected chi connectivity index (χ1v) is 8.62. The zero-order valence-corrected chi connectivity index (χ0v) is 14.4. The number of hydrogen-bond donors (Lipinski definition) is 1. The van der Waals surface area contributed by atoms with Gasteiger partial charge in [0.15, 0.2) is 0 Å². The molecule has 6 nitrogen and oxygen atoms in total. The van der Waals surface area contributed by atoms with Crippen LogP contribution in [-0.4, -0.2) is 19.9 Å². The topological polar surface area (TPSA) is 68.4 Å². The van der Waals surface area contributed by atoms with Crippen LogP contribution >= 0.6 is 0 Å². The molecular weight excluding hydrogens is 347 g/mol. The van der Waals surface area contributed by atoms with Gasteiger partial charge < -0.3 is 14.3 Å². The minimum atomic E-state index is -0.406. The Balaban J connectivity index is 1.58. The van der Waals surface area contributed by atoms with E-state index in [9.17, 15) is 14.0 Å². The third-order valence-electron chi connectivity index (χ3n) is 4.43. The highest BCUT2D eigenvalue weighted by atomic mass is 19.1. The fourth-order valence-corrected chi connectivity index (χ4v) is 3.21. The van der Waals surface area contributed by atoms with Crippen LogP contribution in [0.2, 0.25) is 0 Å². The van der Waals surface area contributed by atoms with Crippen LogP contribution in [0.1, 0.15) is 12.8 Å². The smallest absolute Gasteiger partial charge is 0.275 e. The van der Waals surface area contributed by atoms with E-state index in [2.05, 4.69) is 10.3 Å². The molecule has 1 N–H and O–H groups in total. The molecule has 0 aliphatic heterocycles. The predicted molar refractivity (Wildman–Crippen MR) is 101 cm³/mol. The Morgan fingerprint density at radius 2 is 2.00 bits per heavy atom. The molecule has 0 atom stereocenters. The molecule has 0 saturated carbocycles. The van der Waals surface area contributed by atoms with Crippen LogP contribution in [0.4, 0.5) is 10.1 Å². The van der Waals surface area contributed by atoms with Crippen molar-refractivity contribution in [3.63, 3.8) is 0 Å². The van der Waals surface area contributed by atoms with Gasteiger partial charge in [-0.15, -0.1) is 0 Å². The normalized spacial score (nSPS) is 11.1. The molecule has 0 aliphatic carbocycles. The number of anilines is 1. The summed E-state index contributed by atoms with van der Waals surface area (Å²) in [6.45, 7) is 0.320. The third-order valence-corrected chi connectivity index (χ3v) is 4.43. The molecule has 7 heteroatoms. The number of aryl methyl sites for hydroxylation is 1. The monoisotopic (exact) mass is 364 g/mol. The lowest BCUT2D eigenvalue weighted by Crippen LogP contribution is -2.23. The molecule has 27 heavy (non-hydrogen) atoms. The van der Waals surface area contributed by atoms with Crippen molar-refractivity contribution in [1.29, 1.82) is 0 Å². The second-order valence-corrected chi connectivity index (χ2v) is 6.25. The van der Waals surface area contributed by atoms with E-state index in [1.807, 2.05) is 0 Å². The van der Waals surface area contributed by atoms with Crippen molar-refractivity contribution in [1.82, 2.24) is 14.0 Å². The number of pyridine rings is 1. The first-order chi connectivity index (χ1) is 13.1. The number of aromatic nitrogens is 3. The largest absolute Gasteiger partial charge is 0.325 e. The molecule has 0 radical (unpaired) electrons. The average molecular weight is 364 g/mol. The summed E-state index contributed by atoms with van der Waals surface area (Å²) >= 11 is 0. The fourth-order valence-electron chi connectivity index (χ4n) is 3.21. The van der Waals surface area contributed by atoms with Gasteiger partial charge in [0, 0.05) is 25.4 Å². The van der Waals surface area contributed by atoms with E-state index in [4.69, 9.17) is 0 Å². The van der Waals surface area contributed by atoms with Crippen LogP contribution in [0.25, 0.3) is 16.6 Å². The fraction of sp³-hybridized carbons (Fsp3) is 0.150. The van der Waals surface area contributed by atoms with Crippen LogP contribution < -0.4 is 10.9 Å². The molecule has 0 fully saturated rings. The molecule has 136 valence electrons. The Hall–Kier alpha value is -3.48. The summed E-state index contributed by atoms with van der Waals surface area (Å²) < 4.78 is 17.1. The van der Waals surface area contributed by atoms with E-state index in [0.29, 0.717) is 29.7 Å². The van der Waals surface area contributed by atoms with Gasteiger partial charge in [-0.2, -0.15) is 0 Å². The van der Waals surface area contributed by atoms with Gasteiger partial charge in [0.25, 0.3) is 5.56 Å². The van der Waals surface area contributed by atoms with E-state index in [1.165, 1.54) is 16.7 Å². The Morgan fingerprint density at radius 1 is 1.11 bits per heavy atom. The second-order valence-electron chi connectivity index (χ2n) is 6.25. The van der Waals surface area contributed by atoms with Gasteiger partial charge in [0.1, 0.15) is 11.3 Å². The zero-order valence-electron chi connectivity index (χ0n) is 14.4. The Bertz CT molecular complexity index is 1180. The highest BCUT2D eigenvalue weighted by Crippen LogP contribution is 2.17. The number of fused-ring (bicyclic) bond motifs is 3. The van der Waals surface area contributed by atoms with Crippen LogP contribution in [-0.2, 0) is 11.3 Å². The molecule has 4 aromatic rings. The quantitative estimate of drug-likeness (QED) is 0.591. The number of benzene rings is 1. The Kier molecular flexibility index (Phi) is 4.42. The van der Waals surface area contributed by atoms with Gasteiger partial charge in [-0.3, -0.25) is 14.6 Å². The summed E-state index contributed by atoms with van der Waals surface area (Å²) in [6, 6.07) is 11.4. The minimum absolute atomic E-state index is 0.157. The lowest BCUT2D eigenvalue weighted by molar-refractivity contribution is -0.116. The zero-order chi connectivity index (χ0) is 18.8. The van der Waals surface area contributed by atoms with Crippen LogP contribution in [0.5, 0.6) is 0 Å². The lowest BCUT2D eigenvalue weighted by atomic mass is 10.2. The molecule has 3 aromatic heterocycles. The molecule has 0 aliphatic rings. The van der Waals surface area contributed by atoms with Gasteiger partial charge in [-0.05, 0) is 48.9 Å². The standard InChI is InChI=1S/C20H17FN4O2/c21-14-7-8-16-18(12-14)25(20(27)17-5-2-10-24(16)17)11-3-6-19(26)23-15-4-1-9-22-13-15/h1-2,4-5,7-10,12-13H,3,6,11H2,(H,23,26). The summed E-state index contributed by atoms with van der Waals surface area (Å²) in [4.78, 5) is 28.8. The van der Waals surface area contributed by atoms with Gasteiger partial charge in [-0.25, -0.2) is 4.39 Å².